The summed E-state index contributed by atoms with van der Waals surface area (Å²) >= 11 is 0. The smallest absolute Gasteiger partial charge is 0.223 e. The number of nitrogens with one attached hydrogen (secondary N) is 1. The molecule has 21 heavy (non-hydrogen) atoms. The maximum atomic E-state index is 11.5. The van der Waals surface area contributed by atoms with E-state index in [-0.39, 0.29) is 29.9 Å². The van der Waals surface area contributed by atoms with Crippen molar-refractivity contribution in [1.82, 2.24) is 5.32 Å². The van der Waals surface area contributed by atoms with Crippen molar-refractivity contribution in [1.29, 1.82) is 0 Å². The van der Waals surface area contributed by atoms with Crippen LogP contribution < -0.4 is 15.8 Å². The van der Waals surface area contributed by atoms with E-state index in [1.54, 1.807) is 12.1 Å². The maximum Gasteiger partial charge on any atom is 0.223 e. The molecule has 0 aliphatic carbocycles. The van der Waals surface area contributed by atoms with Gasteiger partial charge in [-0.1, -0.05) is 0 Å². The molecular formula is C14H22N2O4S. The van der Waals surface area contributed by atoms with E-state index in [1.807, 2.05) is 6.92 Å². The lowest BCUT2D eigenvalue weighted by Gasteiger charge is -2.09. The first-order valence-corrected chi connectivity index (χ1v) is 8.63. The highest BCUT2D eigenvalue weighted by Gasteiger charge is 2.07. The molecule has 0 saturated heterocycles. The lowest BCUT2D eigenvalue weighted by Crippen LogP contribution is -2.29. The van der Waals surface area contributed by atoms with Crippen LogP contribution in [0, 0.1) is 0 Å². The molecule has 118 valence electrons. The van der Waals surface area contributed by atoms with E-state index in [4.69, 9.17) is 10.5 Å². The van der Waals surface area contributed by atoms with Crippen LogP contribution in [0.15, 0.2) is 29.2 Å². The fourth-order valence-corrected chi connectivity index (χ4v) is 2.20. The summed E-state index contributed by atoms with van der Waals surface area (Å²) in [4.78, 5) is 11.7. The summed E-state index contributed by atoms with van der Waals surface area (Å²) in [6, 6.07) is 6.17. The summed E-state index contributed by atoms with van der Waals surface area (Å²) in [5, 5.41) is 2.75. The van der Waals surface area contributed by atoms with Gasteiger partial charge < -0.3 is 15.8 Å². The minimum Gasteiger partial charge on any atom is -0.493 e. The van der Waals surface area contributed by atoms with Gasteiger partial charge in [0, 0.05) is 18.8 Å². The SMILES string of the molecule is CC(N)CCNC(=O)CCOc1ccc(S(C)(=O)=O)cc1. The van der Waals surface area contributed by atoms with E-state index in [0.717, 1.165) is 12.7 Å². The monoisotopic (exact) mass is 314 g/mol. The molecular weight excluding hydrogens is 292 g/mol. The number of ether oxygens (including phenoxy) is 1. The van der Waals surface area contributed by atoms with Gasteiger partial charge in [-0.15, -0.1) is 0 Å². The molecule has 0 radical (unpaired) electrons. The third-order valence-electron chi connectivity index (χ3n) is 2.77. The highest BCUT2D eigenvalue weighted by Crippen LogP contribution is 2.15. The van der Waals surface area contributed by atoms with Gasteiger partial charge in [-0.05, 0) is 37.6 Å². The van der Waals surface area contributed by atoms with Crippen LogP contribution >= 0.6 is 0 Å². The number of rotatable bonds is 8. The van der Waals surface area contributed by atoms with Crippen LogP contribution in [-0.2, 0) is 14.6 Å². The Hall–Kier alpha value is -1.60. The van der Waals surface area contributed by atoms with Crippen LogP contribution in [-0.4, -0.2) is 39.8 Å². The van der Waals surface area contributed by atoms with Crippen LogP contribution in [0.3, 0.4) is 0 Å². The van der Waals surface area contributed by atoms with Crippen LogP contribution in [0.2, 0.25) is 0 Å². The van der Waals surface area contributed by atoms with E-state index in [9.17, 15) is 13.2 Å². The van der Waals surface area contributed by atoms with Gasteiger partial charge in [0.15, 0.2) is 9.84 Å². The number of sulfone groups is 1. The molecule has 7 heteroatoms. The molecule has 1 aromatic rings. The molecule has 1 aromatic carbocycles. The second-order valence-electron chi connectivity index (χ2n) is 4.96. The average molecular weight is 314 g/mol. The minimum absolute atomic E-state index is 0.0647. The van der Waals surface area contributed by atoms with E-state index in [1.165, 1.54) is 12.1 Å². The molecule has 3 N–H and O–H groups in total. The first-order chi connectivity index (χ1) is 9.79. The molecule has 0 fully saturated rings. The summed E-state index contributed by atoms with van der Waals surface area (Å²) in [5.41, 5.74) is 5.58. The van der Waals surface area contributed by atoms with E-state index >= 15 is 0 Å². The third kappa shape index (κ3) is 7.10. The van der Waals surface area contributed by atoms with Gasteiger partial charge in [0.2, 0.25) is 5.91 Å². The van der Waals surface area contributed by atoms with Crippen LogP contribution in [0.25, 0.3) is 0 Å². The van der Waals surface area contributed by atoms with Gasteiger partial charge in [0.05, 0.1) is 17.9 Å². The Morgan fingerprint density at radius 1 is 1.33 bits per heavy atom. The fourth-order valence-electron chi connectivity index (χ4n) is 1.57. The maximum absolute atomic E-state index is 11.5. The Morgan fingerprint density at radius 3 is 2.48 bits per heavy atom. The molecule has 0 saturated carbocycles. The van der Waals surface area contributed by atoms with Gasteiger partial charge in [0.25, 0.3) is 0 Å². The molecule has 1 rings (SSSR count). The summed E-state index contributed by atoms with van der Waals surface area (Å²) in [7, 11) is -3.20. The fraction of sp³-hybridized carbons (Fsp3) is 0.500. The highest BCUT2D eigenvalue weighted by atomic mass is 32.2. The summed E-state index contributed by atoms with van der Waals surface area (Å²) < 4.78 is 28.0. The van der Waals surface area contributed by atoms with Crippen molar-refractivity contribution in [2.24, 2.45) is 5.73 Å². The summed E-state index contributed by atoms with van der Waals surface area (Å²) in [6.45, 7) is 2.68. The number of hydrogen-bond donors (Lipinski definition) is 2. The van der Waals surface area contributed by atoms with E-state index < -0.39 is 9.84 Å². The van der Waals surface area contributed by atoms with Crippen molar-refractivity contribution in [3.8, 4) is 5.75 Å². The second-order valence-corrected chi connectivity index (χ2v) is 6.97. The normalized spacial score (nSPS) is 12.7. The van der Waals surface area contributed by atoms with E-state index in [2.05, 4.69) is 5.32 Å². The number of carbonyl (C=O) groups excluding carboxylic acids is 1. The van der Waals surface area contributed by atoms with Crippen molar-refractivity contribution in [3.05, 3.63) is 24.3 Å². The molecule has 0 aromatic heterocycles. The molecule has 0 aliphatic rings. The number of benzene rings is 1. The largest absolute Gasteiger partial charge is 0.493 e. The Morgan fingerprint density at radius 2 is 1.95 bits per heavy atom. The standard InChI is InChI=1S/C14H22N2O4S/c1-11(15)7-9-16-14(17)8-10-20-12-3-5-13(6-4-12)21(2,18)19/h3-6,11H,7-10,15H2,1-2H3,(H,16,17). The van der Waals surface area contributed by atoms with Crippen molar-refractivity contribution >= 4 is 15.7 Å². The highest BCUT2D eigenvalue weighted by molar-refractivity contribution is 7.90. The molecule has 0 heterocycles. The molecule has 1 unspecified atom stereocenters. The molecule has 6 nitrogen and oxygen atoms in total. The quantitative estimate of drug-likeness (QED) is 0.736. The van der Waals surface area contributed by atoms with Crippen LogP contribution in [0.5, 0.6) is 5.75 Å². The Labute approximate surface area is 125 Å². The molecule has 0 spiro atoms. The topological polar surface area (TPSA) is 98.5 Å². The zero-order chi connectivity index (χ0) is 15.9. The van der Waals surface area contributed by atoms with Crippen LogP contribution in [0.4, 0.5) is 0 Å². The van der Waals surface area contributed by atoms with Crippen molar-refractivity contribution < 1.29 is 17.9 Å². The van der Waals surface area contributed by atoms with Gasteiger partial charge in [0.1, 0.15) is 5.75 Å². The predicted molar refractivity (Wildman–Crippen MR) is 80.9 cm³/mol. The molecule has 1 amide bonds. The lowest BCUT2D eigenvalue weighted by molar-refractivity contribution is -0.121. The average Bonchev–Trinajstić information content (AvgIpc) is 2.38. The summed E-state index contributed by atoms with van der Waals surface area (Å²) in [5.74, 6) is 0.439. The number of amides is 1. The Balaban J connectivity index is 2.31. The minimum atomic E-state index is -3.20. The lowest BCUT2D eigenvalue weighted by atomic mass is 10.2. The number of carbonyl (C=O) groups is 1. The van der Waals surface area contributed by atoms with Gasteiger partial charge in [-0.25, -0.2) is 8.42 Å². The molecule has 0 aliphatic heterocycles. The van der Waals surface area contributed by atoms with Gasteiger partial charge in [-0.3, -0.25) is 4.79 Å². The predicted octanol–water partition coefficient (Wildman–Crippen LogP) is 0.713. The van der Waals surface area contributed by atoms with Crippen molar-refractivity contribution in [2.75, 3.05) is 19.4 Å². The van der Waals surface area contributed by atoms with E-state index in [0.29, 0.717) is 12.3 Å². The molecule has 0 bridgehead atoms. The summed E-state index contributed by atoms with van der Waals surface area (Å²) in [6.07, 6.45) is 2.13. The number of hydrogen-bond acceptors (Lipinski definition) is 5. The first-order valence-electron chi connectivity index (χ1n) is 6.74. The Bertz CT molecular complexity index is 553. The van der Waals surface area contributed by atoms with Crippen LogP contribution in [0.1, 0.15) is 19.8 Å². The zero-order valence-corrected chi connectivity index (χ0v) is 13.2. The van der Waals surface area contributed by atoms with Gasteiger partial charge in [-0.2, -0.15) is 0 Å². The number of nitrogens with two attached hydrogens (primary N) is 1. The second kappa shape index (κ2) is 7.99. The first kappa shape index (κ1) is 17.5. The molecule has 1 atom stereocenters. The van der Waals surface area contributed by atoms with Crippen molar-refractivity contribution in [3.63, 3.8) is 0 Å². The zero-order valence-electron chi connectivity index (χ0n) is 12.3. The third-order valence-corrected chi connectivity index (χ3v) is 3.90. The van der Waals surface area contributed by atoms with Gasteiger partial charge >= 0.3 is 0 Å². The Kier molecular flexibility index (Phi) is 6.64. The van der Waals surface area contributed by atoms with Crippen molar-refractivity contribution in [2.45, 2.75) is 30.7 Å².